The lowest BCUT2D eigenvalue weighted by Gasteiger charge is -2.06. The van der Waals surface area contributed by atoms with Crippen molar-refractivity contribution in [1.82, 2.24) is 4.98 Å². The molecule has 2 aromatic rings. The molecule has 1 heterocycles. The van der Waals surface area contributed by atoms with Gasteiger partial charge in [0.2, 0.25) is 0 Å². The molecule has 2 rings (SSSR count). The van der Waals surface area contributed by atoms with E-state index in [9.17, 15) is 0 Å². The summed E-state index contributed by atoms with van der Waals surface area (Å²) in [5.74, 6) is 0.916. The molecule has 18 heavy (non-hydrogen) atoms. The molecule has 0 unspecified atom stereocenters. The second kappa shape index (κ2) is 6.81. The van der Waals surface area contributed by atoms with E-state index in [0.29, 0.717) is 0 Å². The first-order valence-corrected chi connectivity index (χ1v) is 7.78. The fourth-order valence-corrected chi connectivity index (χ4v) is 2.25. The van der Waals surface area contributed by atoms with Gasteiger partial charge >= 0.3 is 0 Å². The largest absolute Gasteiger partial charge is 0.370 e. The molecule has 0 radical (unpaired) electrons. The number of rotatable bonds is 5. The van der Waals surface area contributed by atoms with Crippen molar-refractivity contribution >= 4 is 33.5 Å². The lowest BCUT2D eigenvalue weighted by Crippen LogP contribution is -2.05. The number of aromatic nitrogens is 1. The molecule has 0 saturated carbocycles. The first kappa shape index (κ1) is 13.4. The van der Waals surface area contributed by atoms with Crippen molar-refractivity contribution in [2.45, 2.75) is 11.3 Å². The zero-order chi connectivity index (χ0) is 12.8. The van der Waals surface area contributed by atoms with Crippen LogP contribution in [0.15, 0.2) is 52.0 Å². The Morgan fingerprint density at radius 1 is 1.17 bits per heavy atom. The Balaban J connectivity index is 1.82. The van der Waals surface area contributed by atoms with Gasteiger partial charge in [0.05, 0.1) is 0 Å². The van der Waals surface area contributed by atoms with E-state index in [1.54, 1.807) is 18.0 Å². The van der Waals surface area contributed by atoms with Gasteiger partial charge in [-0.2, -0.15) is 0 Å². The van der Waals surface area contributed by atoms with E-state index < -0.39 is 0 Å². The zero-order valence-corrected chi connectivity index (χ0v) is 12.6. The van der Waals surface area contributed by atoms with Crippen LogP contribution in [0, 0.1) is 0 Å². The number of nitrogens with zero attached hydrogens (tertiary/aromatic N) is 1. The summed E-state index contributed by atoms with van der Waals surface area (Å²) in [4.78, 5) is 5.58. The Hall–Kier alpha value is -1.00. The standard InChI is InChI=1S/C14H15BrN2S/c1-18-13-5-2-11(3-6-13)8-9-16-14-7-4-12(15)10-17-14/h2-7,10H,8-9H2,1H3,(H,16,17). The third kappa shape index (κ3) is 4.03. The van der Waals surface area contributed by atoms with Crippen molar-refractivity contribution in [2.75, 3.05) is 18.1 Å². The quantitative estimate of drug-likeness (QED) is 0.834. The van der Waals surface area contributed by atoms with Crippen molar-refractivity contribution in [3.63, 3.8) is 0 Å². The molecule has 0 aliphatic carbocycles. The van der Waals surface area contributed by atoms with Crippen LogP contribution in [0.2, 0.25) is 0 Å². The minimum Gasteiger partial charge on any atom is -0.370 e. The molecule has 0 aliphatic rings. The summed E-state index contributed by atoms with van der Waals surface area (Å²) in [6.07, 6.45) is 4.90. The number of hydrogen-bond donors (Lipinski definition) is 1. The van der Waals surface area contributed by atoms with Crippen LogP contribution in [0.1, 0.15) is 5.56 Å². The summed E-state index contributed by atoms with van der Waals surface area (Å²) in [6.45, 7) is 0.896. The molecule has 0 bridgehead atoms. The molecule has 0 atom stereocenters. The highest BCUT2D eigenvalue weighted by molar-refractivity contribution is 9.10. The normalized spacial score (nSPS) is 10.3. The monoisotopic (exact) mass is 322 g/mol. The minimum absolute atomic E-state index is 0.896. The van der Waals surface area contributed by atoms with Crippen LogP contribution in [0.3, 0.4) is 0 Å². The van der Waals surface area contributed by atoms with Crippen molar-refractivity contribution in [3.8, 4) is 0 Å². The van der Waals surface area contributed by atoms with Gasteiger partial charge in [-0.3, -0.25) is 0 Å². The van der Waals surface area contributed by atoms with Crippen LogP contribution >= 0.6 is 27.7 Å². The molecule has 1 aromatic heterocycles. The van der Waals surface area contributed by atoms with E-state index >= 15 is 0 Å². The van der Waals surface area contributed by atoms with Gasteiger partial charge in [-0.25, -0.2) is 4.98 Å². The van der Waals surface area contributed by atoms with Crippen molar-refractivity contribution in [1.29, 1.82) is 0 Å². The Bertz CT molecular complexity index is 482. The van der Waals surface area contributed by atoms with E-state index in [2.05, 4.69) is 56.8 Å². The summed E-state index contributed by atoms with van der Waals surface area (Å²) in [5, 5.41) is 3.31. The summed E-state index contributed by atoms with van der Waals surface area (Å²) in [6, 6.07) is 12.7. The van der Waals surface area contributed by atoms with Gasteiger partial charge in [0.1, 0.15) is 5.82 Å². The van der Waals surface area contributed by atoms with Crippen molar-refractivity contribution in [2.24, 2.45) is 0 Å². The van der Waals surface area contributed by atoms with E-state index in [1.165, 1.54) is 10.5 Å². The number of benzene rings is 1. The van der Waals surface area contributed by atoms with E-state index in [-0.39, 0.29) is 0 Å². The van der Waals surface area contributed by atoms with E-state index in [1.807, 2.05) is 12.1 Å². The van der Waals surface area contributed by atoms with Crippen LogP contribution in [0.4, 0.5) is 5.82 Å². The molecular formula is C14H15BrN2S. The first-order chi connectivity index (χ1) is 8.78. The van der Waals surface area contributed by atoms with Gasteiger partial charge < -0.3 is 5.32 Å². The topological polar surface area (TPSA) is 24.9 Å². The molecule has 0 spiro atoms. The third-order valence-corrected chi connectivity index (χ3v) is 3.82. The molecule has 0 fully saturated rings. The molecule has 2 nitrogen and oxygen atoms in total. The number of thioether (sulfide) groups is 1. The second-order valence-electron chi connectivity index (χ2n) is 3.89. The van der Waals surface area contributed by atoms with Crippen LogP contribution in [-0.4, -0.2) is 17.8 Å². The predicted molar refractivity (Wildman–Crippen MR) is 82.4 cm³/mol. The number of nitrogens with one attached hydrogen (secondary N) is 1. The number of anilines is 1. The van der Waals surface area contributed by atoms with Gasteiger partial charge in [-0.15, -0.1) is 11.8 Å². The van der Waals surface area contributed by atoms with Gasteiger partial charge in [0.25, 0.3) is 0 Å². The summed E-state index contributed by atoms with van der Waals surface area (Å²) < 4.78 is 1.00. The maximum Gasteiger partial charge on any atom is 0.125 e. The maximum absolute atomic E-state index is 4.28. The Morgan fingerprint density at radius 2 is 1.94 bits per heavy atom. The highest BCUT2D eigenvalue weighted by Crippen LogP contribution is 2.15. The summed E-state index contributed by atoms with van der Waals surface area (Å²) in [7, 11) is 0. The molecule has 0 saturated heterocycles. The zero-order valence-electron chi connectivity index (χ0n) is 10.2. The van der Waals surface area contributed by atoms with Crippen LogP contribution in [0.5, 0.6) is 0 Å². The number of pyridine rings is 1. The highest BCUT2D eigenvalue weighted by atomic mass is 79.9. The molecule has 0 amide bonds. The maximum atomic E-state index is 4.28. The third-order valence-electron chi connectivity index (χ3n) is 2.61. The smallest absolute Gasteiger partial charge is 0.125 e. The number of hydrogen-bond acceptors (Lipinski definition) is 3. The minimum atomic E-state index is 0.896. The SMILES string of the molecule is CSc1ccc(CCNc2ccc(Br)cn2)cc1. The molecular weight excluding hydrogens is 308 g/mol. The fraction of sp³-hybridized carbons (Fsp3) is 0.214. The van der Waals surface area contributed by atoms with Gasteiger partial charge in [0, 0.05) is 22.1 Å². The van der Waals surface area contributed by atoms with Crippen molar-refractivity contribution in [3.05, 3.63) is 52.6 Å². The fourth-order valence-electron chi connectivity index (χ4n) is 1.61. The second-order valence-corrected chi connectivity index (χ2v) is 5.68. The lowest BCUT2D eigenvalue weighted by molar-refractivity contribution is 1.00. The molecule has 1 aromatic carbocycles. The molecule has 1 N–H and O–H groups in total. The molecule has 0 aliphatic heterocycles. The average Bonchev–Trinajstić information content (AvgIpc) is 2.42. The van der Waals surface area contributed by atoms with Crippen molar-refractivity contribution < 1.29 is 0 Å². The van der Waals surface area contributed by atoms with Gasteiger partial charge in [-0.05, 0) is 58.4 Å². The summed E-state index contributed by atoms with van der Waals surface area (Å²) >= 11 is 5.14. The summed E-state index contributed by atoms with van der Waals surface area (Å²) in [5.41, 5.74) is 1.34. The average molecular weight is 323 g/mol. The Labute approximate surface area is 120 Å². The Kier molecular flexibility index (Phi) is 5.08. The Morgan fingerprint density at radius 3 is 2.56 bits per heavy atom. The molecule has 4 heteroatoms. The predicted octanol–water partition coefficient (Wildman–Crippen LogP) is 4.22. The van der Waals surface area contributed by atoms with Crippen LogP contribution in [0.25, 0.3) is 0 Å². The van der Waals surface area contributed by atoms with Gasteiger partial charge in [-0.1, -0.05) is 12.1 Å². The van der Waals surface area contributed by atoms with Crippen LogP contribution < -0.4 is 5.32 Å². The lowest BCUT2D eigenvalue weighted by atomic mass is 10.1. The van der Waals surface area contributed by atoms with Gasteiger partial charge in [0.15, 0.2) is 0 Å². The van der Waals surface area contributed by atoms with Crippen LogP contribution in [-0.2, 0) is 6.42 Å². The highest BCUT2D eigenvalue weighted by Gasteiger charge is 1.96. The molecule has 94 valence electrons. The van der Waals surface area contributed by atoms with E-state index in [0.717, 1.165) is 23.3 Å². The number of halogens is 1. The van der Waals surface area contributed by atoms with E-state index in [4.69, 9.17) is 0 Å². The first-order valence-electron chi connectivity index (χ1n) is 5.76.